The van der Waals surface area contributed by atoms with Crippen LogP contribution in [0.4, 0.5) is 0 Å². The molecule has 0 unspecified atom stereocenters. The van der Waals surface area contributed by atoms with Crippen molar-refractivity contribution in [3.05, 3.63) is 27.6 Å². The van der Waals surface area contributed by atoms with E-state index in [2.05, 4.69) is 16.6 Å². The summed E-state index contributed by atoms with van der Waals surface area (Å²) in [6, 6.07) is 1.15. The first-order chi connectivity index (χ1) is 9.42. The van der Waals surface area contributed by atoms with Gasteiger partial charge >= 0.3 is 0 Å². The fraction of sp³-hybridized carbons (Fsp3) is 0.615. The Morgan fingerprint density at radius 1 is 1.35 bits per heavy atom. The van der Waals surface area contributed by atoms with Gasteiger partial charge in [0.1, 0.15) is 5.02 Å². The molecule has 0 atom stereocenters. The summed E-state index contributed by atoms with van der Waals surface area (Å²) in [6.07, 6.45) is 6.14. The second-order valence-electron chi connectivity index (χ2n) is 5.26. The van der Waals surface area contributed by atoms with E-state index >= 15 is 0 Å². The summed E-state index contributed by atoms with van der Waals surface area (Å²) in [5.41, 5.74) is -0.492. The Balaban J connectivity index is 2.08. The SMILES string of the molecule is CCC1CCC(NS(=O)(=O)c2c[nH]c(=O)c(Cl)c2)CC1. The van der Waals surface area contributed by atoms with Crippen LogP contribution < -0.4 is 10.3 Å². The van der Waals surface area contributed by atoms with Crippen molar-refractivity contribution >= 4 is 21.6 Å². The fourth-order valence-corrected chi connectivity index (χ4v) is 4.10. The fourth-order valence-electron chi connectivity index (χ4n) is 2.57. The van der Waals surface area contributed by atoms with Crippen LogP contribution in [-0.4, -0.2) is 19.4 Å². The van der Waals surface area contributed by atoms with Gasteiger partial charge in [-0.2, -0.15) is 0 Å². The Bertz CT molecular complexity index is 619. The molecule has 7 heteroatoms. The predicted molar refractivity (Wildman–Crippen MR) is 78.4 cm³/mol. The maximum atomic E-state index is 12.2. The highest BCUT2D eigenvalue weighted by Gasteiger charge is 2.25. The molecule has 20 heavy (non-hydrogen) atoms. The predicted octanol–water partition coefficient (Wildman–Crippen LogP) is 2.28. The second kappa shape index (κ2) is 6.28. The molecule has 1 aliphatic rings. The molecule has 1 aliphatic carbocycles. The molecule has 1 aromatic heterocycles. The first kappa shape index (κ1) is 15.5. The highest BCUT2D eigenvalue weighted by Crippen LogP contribution is 2.27. The summed E-state index contributed by atoms with van der Waals surface area (Å²) < 4.78 is 27.1. The normalized spacial score (nSPS) is 23.7. The van der Waals surface area contributed by atoms with E-state index in [0.29, 0.717) is 5.92 Å². The maximum Gasteiger partial charge on any atom is 0.266 e. The van der Waals surface area contributed by atoms with E-state index in [1.807, 2.05) is 0 Å². The summed E-state index contributed by atoms with van der Waals surface area (Å²) in [5, 5.41) is -0.123. The minimum Gasteiger partial charge on any atom is -0.326 e. The quantitative estimate of drug-likeness (QED) is 0.893. The summed E-state index contributed by atoms with van der Waals surface area (Å²) in [4.78, 5) is 13.5. The van der Waals surface area contributed by atoms with E-state index < -0.39 is 15.6 Å². The van der Waals surface area contributed by atoms with Crippen molar-refractivity contribution in [3.63, 3.8) is 0 Å². The van der Waals surface area contributed by atoms with Gasteiger partial charge in [0.05, 0.1) is 4.90 Å². The monoisotopic (exact) mass is 318 g/mol. The molecule has 0 aromatic carbocycles. The molecular formula is C13H19ClN2O3S. The number of nitrogens with one attached hydrogen (secondary N) is 2. The number of aromatic amines is 1. The Morgan fingerprint density at radius 3 is 2.55 bits per heavy atom. The molecule has 112 valence electrons. The van der Waals surface area contributed by atoms with Gasteiger partial charge in [0, 0.05) is 12.2 Å². The summed E-state index contributed by atoms with van der Waals surface area (Å²) >= 11 is 5.66. The maximum absolute atomic E-state index is 12.2. The zero-order valence-corrected chi connectivity index (χ0v) is 12.9. The third-order valence-electron chi connectivity index (χ3n) is 3.89. The molecule has 0 aliphatic heterocycles. The van der Waals surface area contributed by atoms with Crippen LogP contribution in [-0.2, 0) is 10.0 Å². The smallest absolute Gasteiger partial charge is 0.266 e. The number of hydrogen-bond donors (Lipinski definition) is 2. The van der Waals surface area contributed by atoms with E-state index in [9.17, 15) is 13.2 Å². The average molecular weight is 319 g/mol. The number of aromatic nitrogens is 1. The molecule has 1 aromatic rings. The number of rotatable bonds is 4. The van der Waals surface area contributed by atoms with Crippen LogP contribution in [0.1, 0.15) is 39.0 Å². The first-order valence-corrected chi connectivity index (χ1v) is 8.69. The third kappa shape index (κ3) is 3.62. The number of pyridine rings is 1. The van der Waals surface area contributed by atoms with Gasteiger partial charge in [0.25, 0.3) is 5.56 Å². The lowest BCUT2D eigenvalue weighted by Crippen LogP contribution is -2.37. The molecule has 1 fully saturated rings. The van der Waals surface area contributed by atoms with Crippen LogP contribution in [0.2, 0.25) is 5.02 Å². The van der Waals surface area contributed by atoms with Crippen molar-refractivity contribution in [3.8, 4) is 0 Å². The molecule has 2 N–H and O–H groups in total. The van der Waals surface area contributed by atoms with Crippen LogP contribution in [0.15, 0.2) is 22.0 Å². The Morgan fingerprint density at radius 2 is 2.00 bits per heavy atom. The van der Waals surface area contributed by atoms with E-state index in [1.54, 1.807) is 0 Å². The van der Waals surface area contributed by atoms with Crippen molar-refractivity contribution in [1.82, 2.24) is 9.71 Å². The number of hydrogen-bond acceptors (Lipinski definition) is 3. The van der Waals surface area contributed by atoms with Crippen molar-refractivity contribution in [1.29, 1.82) is 0 Å². The van der Waals surface area contributed by atoms with Gasteiger partial charge in [0.15, 0.2) is 0 Å². The highest BCUT2D eigenvalue weighted by atomic mass is 35.5. The van der Waals surface area contributed by atoms with Gasteiger partial charge < -0.3 is 4.98 Å². The molecule has 5 nitrogen and oxygen atoms in total. The molecule has 0 amide bonds. The van der Waals surface area contributed by atoms with Crippen molar-refractivity contribution in [2.24, 2.45) is 5.92 Å². The van der Waals surface area contributed by atoms with Crippen molar-refractivity contribution in [2.75, 3.05) is 0 Å². The summed E-state index contributed by atoms with van der Waals surface area (Å²) in [7, 11) is -3.63. The molecule has 1 saturated carbocycles. The zero-order chi connectivity index (χ0) is 14.8. The molecule has 1 heterocycles. The van der Waals surface area contributed by atoms with Crippen LogP contribution in [0.25, 0.3) is 0 Å². The lowest BCUT2D eigenvalue weighted by atomic mass is 9.85. The van der Waals surface area contributed by atoms with Crippen LogP contribution in [0, 0.1) is 5.92 Å². The first-order valence-electron chi connectivity index (χ1n) is 6.83. The largest absolute Gasteiger partial charge is 0.326 e. The number of halogens is 1. The Hall–Kier alpha value is -0.850. The van der Waals surface area contributed by atoms with Gasteiger partial charge in [-0.1, -0.05) is 24.9 Å². The lowest BCUT2D eigenvalue weighted by molar-refractivity contribution is 0.306. The standard InChI is InChI=1S/C13H19ClN2O3S/c1-2-9-3-5-10(6-4-9)16-20(18,19)11-7-12(14)13(17)15-8-11/h7-10,16H,2-6H2,1H3,(H,15,17). The van der Waals surface area contributed by atoms with Crippen molar-refractivity contribution in [2.45, 2.75) is 50.0 Å². The topological polar surface area (TPSA) is 79.0 Å². The molecule has 0 bridgehead atoms. The Kier molecular flexibility index (Phi) is 4.88. The van der Waals surface area contributed by atoms with E-state index in [1.165, 1.54) is 12.3 Å². The van der Waals surface area contributed by atoms with E-state index in [-0.39, 0.29) is 16.0 Å². The van der Waals surface area contributed by atoms with E-state index in [0.717, 1.165) is 32.1 Å². The average Bonchev–Trinajstić information content (AvgIpc) is 2.42. The van der Waals surface area contributed by atoms with Gasteiger partial charge in [-0.05, 0) is 37.7 Å². The number of H-pyrrole nitrogens is 1. The number of sulfonamides is 1. The minimum atomic E-state index is -3.63. The molecule has 2 rings (SSSR count). The third-order valence-corrected chi connectivity index (χ3v) is 5.67. The summed E-state index contributed by atoms with van der Waals surface area (Å²) in [6.45, 7) is 2.16. The van der Waals surface area contributed by atoms with E-state index in [4.69, 9.17) is 11.6 Å². The zero-order valence-electron chi connectivity index (χ0n) is 11.4. The Labute approximate surface area is 123 Å². The minimum absolute atomic E-state index is 0.000264. The van der Waals surface area contributed by atoms with Crippen molar-refractivity contribution < 1.29 is 8.42 Å². The van der Waals surface area contributed by atoms with Gasteiger partial charge in [-0.15, -0.1) is 0 Å². The second-order valence-corrected chi connectivity index (χ2v) is 7.38. The van der Waals surface area contributed by atoms with Gasteiger partial charge in [0.2, 0.25) is 10.0 Å². The van der Waals surface area contributed by atoms with Gasteiger partial charge in [-0.25, -0.2) is 13.1 Å². The molecule has 0 radical (unpaired) electrons. The van der Waals surface area contributed by atoms with Crippen LogP contribution >= 0.6 is 11.6 Å². The van der Waals surface area contributed by atoms with Crippen LogP contribution in [0.5, 0.6) is 0 Å². The van der Waals surface area contributed by atoms with Gasteiger partial charge in [-0.3, -0.25) is 4.79 Å². The van der Waals surface area contributed by atoms with Crippen LogP contribution in [0.3, 0.4) is 0 Å². The molecule has 0 spiro atoms. The summed E-state index contributed by atoms with van der Waals surface area (Å²) in [5.74, 6) is 0.707. The lowest BCUT2D eigenvalue weighted by Gasteiger charge is -2.28. The highest BCUT2D eigenvalue weighted by molar-refractivity contribution is 7.89. The molecular weight excluding hydrogens is 300 g/mol. The molecule has 0 saturated heterocycles.